The number of rotatable bonds is 4. The summed E-state index contributed by atoms with van der Waals surface area (Å²) >= 11 is 5.97. The van der Waals surface area contributed by atoms with Crippen molar-refractivity contribution in [2.24, 2.45) is 13.0 Å². The number of nitrogens with zero attached hydrogens (tertiary/aromatic N) is 2. The van der Waals surface area contributed by atoms with Gasteiger partial charge in [-0.15, -0.1) is 0 Å². The summed E-state index contributed by atoms with van der Waals surface area (Å²) in [6, 6.07) is 5.55. The Balaban J connectivity index is 2.28. The van der Waals surface area contributed by atoms with Crippen molar-refractivity contribution in [2.45, 2.75) is 33.3 Å². The largest absolute Gasteiger partial charge is 0.454 e. The Morgan fingerprint density at radius 3 is 2.80 bits per heavy atom. The van der Waals surface area contributed by atoms with Crippen molar-refractivity contribution in [3.63, 3.8) is 0 Å². The number of imidazole rings is 1. The average molecular weight is 295 g/mol. The molecule has 0 radical (unpaired) electrons. The predicted molar refractivity (Wildman–Crippen MR) is 79.7 cm³/mol. The van der Waals surface area contributed by atoms with Gasteiger partial charge < -0.3 is 9.30 Å². The highest BCUT2D eigenvalue weighted by Gasteiger charge is 2.21. The van der Waals surface area contributed by atoms with Gasteiger partial charge in [0.2, 0.25) is 0 Å². The van der Waals surface area contributed by atoms with Gasteiger partial charge in [0.15, 0.2) is 11.9 Å². The Labute approximate surface area is 123 Å². The van der Waals surface area contributed by atoms with E-state index in [9.17, 15) is 4.79 Å². The van der Waals surface area contributed by atoms with Gasteiger partial charge in [-0.05, 0) is 31.5 Å². The lowest BCUT2D eigenvalue weighted by atomic mass is 10.1. The Morgan fingerprint density at radius 1 is 1.45 bits per heavy atom. The Kier molecular flexibility index (Phi) is 4.33. The first-order valence-corrected chi connectivity index (χ1v) is 7.14. The van der Waals surface area contributed by atoms with Gasteiger partial charge in [-0.1, -0.05) is 25.4 Å². The van der Waals surface area contributed by atoms with E-state index in [0.717, 1.165) is 23.3 Å². The number of aromatic nitrogens is 2. The van der Waals surface area contributed by atoms with Crippen LogP contribution in [0.4, 0.5) is 0 Å². The van der Waals surface area contributed by atoms with E-state index < -0.39 is 0 Å². The first kappa shape index (κ1) is 14.9. The first-order valence-electron chi connectivity index (χ1n) is 6.76. The minimum Gasteiger partial charge on any atom is -0.454 e. The van der Waals surface area contributed by atoms with Crippen LogP contribution >= 0.6 is 11.6 Å². The number of hydrogen-bond donors (Lipinski definition) is 0. The van der Waals surface area contributed by atoms with Gasteiger partial charge in [-0.2, -0.15) is 0 Å². The Bertz CT molecular complexity index is 636. The minimum atomic E-state index is -0.382. The fourth-order valence-corrected chi connectivity index (χ4v) is 2.23. The number of esters is 1. The number of carbonyl (C=O) groups excluding carboxylic acids is 1. The zero-order valence-corrected chi connectivity index (χ0v) is 12.9. The molecule has 0 spiro atoms. The molecule has 20 heavy (non-hydrogen) atoms. The maximum atomic E-state index is 11.9. The molecule has 0 saturated heterocycles. The van der Waals surface area contributed by atoms with Crippen LogP contribution in [0.5, 0.6) is 0 Å². The van der Waals surface area contributed by atoms with Crippen LogP contribution in [0.2, 0.25) is 5.02 Å². The lowest BCUT2D eigenvalue weighted by Gasteiger charge is -2.15. The molecule has 4 nitrogen and oxygen atoms in total. The van der Waals surface area contributed by atoms with Gasteiger partial charge in [0.1, 0.15) is 0 Å². The Hall–Kier alpha value is -1.55. The summed E-state index contributed by atoms with van der Waals surface area (Å²) in [4.78, 5) is 16.4. The highest BCUT2D eigenvalue weighted by molar-refractivity contribution is 6.31. The van der Waals surface area contributed by atoms with Gasteiger partial charge in [0.25, 0.3) is 0 Å². The van der Waals surface area contributed by atoms with Crippen molar-refractivity contribution < 1.29 is 9.53 Å². The quantitative estimate of drug-likeness (QED) is 0.804. The molecular formula is C15H19ClN2O2. The van der Waals surface area contributed by atoms with E-state index in [4.69, 9.17) is 16.3 Å². The lowest BCUT2D eigenvalue weighted by molar-refractivity contribution is -0.153. The van der Waals surface area contributed by atoms with E-state index in [1.165, 1.54) is 0 Å². The van der Waals surface area contributed by atoms with Crippen LogP contribution in [0, 0.1) is 5.92 Å². The normalized spacial score (nSPS) is 14.2. The molecule has 0 saturated carbocycles. The van der Waals surface area contributed by atoms with Crippen LogP contribution in [0.25, 0.3) is 11.0 Å². The summed E-state index contributed by atoms with van der Waals surface area (Å²) < 4.78 is 7.41. The number of hydrogen-bond acceptors (Lipinski definition) is 3. The number of ether oxygens (including phenoxy) is 1. The number of halogens is 1. The predicted octanol–water partition coefficient (Wildman–Crippen LogP) is 3.88. The van der Waals surface area contributed by atoms with E-state index in [1.54, 1.807) is 0 Å². The van der Waals surface area contributed by atoms with E-state index in [-0.39, 0.29) is 18.0 Å². The van der Waals surface area contributed by atoms with E-state index >= 15 is 0 Å². The monoisotopic (exact) mass is 294 g/mol. The maximum absolute atomic E-state index is 11.9. The molecule has 0 fully saturated rings. The first-order chi connectivity index (χ1) is 9.43. The molecule has 1 heterocycles. The van der Waals surface area contributed by atoms with Gasteiger partial charge in [-0.3, -0.25) is 4.79 Å². The topological polar surface area (TPSA) is 44.1 Å². The summed E-state index contributed by atoms with van der Waals surface area (Å²) in [6.45, 7) is 5.67. The fraction of sp³-hybridized carbons (Fsp3) is 0.467. The van der Waals surface area contributed by atoms with E-state index in [2.05, 4.69) is 4.98 Å². The summed E-state index contributed by atoms with van der Waals surface area (Å²) in [5.74, 6) is 0.436. The molecule has 2 rings (SSSR count). The molecule has 1 aromatic carbocycles. The van der Waals surface area contributed by atoms with Crippen molar-refractivity contribution in [1.29, 1.82) is 0 Å². The van der Waals surface area contributed by atoms with Crippen molar-refractivity contribution in [3.05, 3.63) is 29.0 Å². The highest BCUT2D eigenvalue weighted by Crippen LogP contribution is 2.25. The summed E-state index contributed by atoms with van der Waals surface area (Å²) in [7, 11) is 1.91. The summed E-state index contributed by atoms with van der Waals surface area (Å²) in [6.07, 6.45) is 0.386. The number of aryl methyl sites for hydroxylation is 1. The van der Waals surface area contributed by atoms with E-state index in [1.807, 2.05) is 50.6 Å². The second kappa shape index (κ2) is 5.83. The third kappa shape index (κ3) is 2.80. The van der Waals surface area contributed by atoms with Gasteiger partial charge in [-0.25, -0.2) is 4.98 Å². The molecule has 0 bridgehead atoms. The molecule has 0 amide bonds. The van der Waals surface area contributed by atoms with Gasteiger partial charge in [0.05, 0.1) is 17.0 Å². The van der Waals surface area contributed by atoms with E-state index in [0.29, 0.717) is 5.02 Å². The molecule has 5 heteroatoms. The third-order valence-corrected chi connectivity index (χ3v) is 3.78. The summed E-state index contributed by atoms with van der Waals surface area (Å²) in [5, 5.41) is 0.645. The van der Waals surface area contributed by atoms with Crippen LogP contribution in [0.15, 0.2) is 18.2 Å². The van der Waals surface area contributed by atoms with Crippen LogP contribution < -0.4 is 0 Å². The molecule has 108 valence electrons. The maximum Gasteiger partial charge on any atom is 0.309 e. The molecule has 2 atom stereocenters. The molecule has 2 aromatic rings. The number of carbonyl (C=O) groups is 1. The van der Waals surface area contributed by atoms with Crippen LogP contribution in [0.1, 0.15) is 39.1 Å². The van der Waals surface area contributed by atoms with Crippen molar-refractivity contribution >= 4 is 28.6 Å². The standard InChI is InChI=1S/C15H19ClN2O2/c1-5-9(2)15(19)20-10(3)14-17-12-8-11(16)6-7-13(12)18(14)4/h6-10H,5H2,1-4H3/t9-,10-/m0/s1. The number of fused-ring (bicyclic) bond motifs is 1. The number of benzene rings is 1. The van der Waals surface area contributed by atoms with Crippen LogP contribution in [-0.4, -0.2) is 15.5 Å². The van der Waals surface area contributed by atoms with Gasteiger partial charge in [0, 0.05) is 12.1 Å². The molecule has 0 N–H and O–H groups in total. The highest BCUT2D eigenvalue weighted by atomic mass is 35.5. The SMILES string of the molecule is CC[C@H](C)C(=O)O[C@@H](C)c1nc2cc(Cl)ccc2n1C. The molecule has 0 unspecified atom stereocenters. The molecule has 1 aromatic heterocycles. The van der Waals surface area contributed by atoms with Crippen molar-refractivity contribution in [3.8, 4) is 0 Å². The fourth-order valence-electron chi connectivity index (χ4n) is 2.06. The zero-order chi connectivity index (χ0) is 14.9. The van der Waals surface area contributed by atoms with Crippen molar-refractivity contribution in [1.82, 2.24) is 9.55 Å². The molecular weight excluding hydrogens is 276 g/mol. The van der Waals surface area contributed by atoms with Gasteiger partial charge >= 0.3 is 5.97 Å². The minimum absolute atomic E-state index is 0.0958. The lowest BCUT2D eigenvalue weighted by Crippen LogP contribution is -2.18. The van der Waals surface area contributed by atoms with Crippen LogP contribution in [0.3, 0.4) is 0 Å². The molecule has 0 aliphatic heterocycles. The van der Waals surface area contributed by atoms with Crippen molar-refractivity contribution in [2.75, 3.05) is 0 Å². The second-order valence-electron chi connectivity index (χ2n) is 5.05. The second-order valence-corrected chi connectivity index (χ2v) is 5.49. The Morgan fingerprint density at radius 2 is 2.15 bits per heavy atom. The third-order valence-electron chi connectivity index (χ3n) is 3.55. The zero-order valence-electron chi connectivity index (χ0n) is 12.2. The average Bonchev–Trinajstić information content (AvgIpc) is 2.74. The van der Waals surface area contributed by atoms with Crippen LogP contribution in [-0.2, 0) is 16.6 Å². The molecule has 0 aliphatic carbocycles. The molecule has 0 aliphatic rings. The summed E-state index contributed by atoms with van der Waals surface area (Å²) in [5.41, 5.74) is 1.78. The smallest absolute Gasteiger partial charge is 0.309 e.